The van der Waals surface area contributed by atoms with Crippen molar-refractivity contribution in [2.75, 3.05) is 11.5 Å². The molecule has 0 amide bonds. The summed E-state index contributed by atoms with van der Waals surface area (Å²) >= 11 is 0. The molecule has 1 atom stereocenters. The van der Waals surface area contributed by atoms with Gasteiger partial charge < -0.3 is 9.67 Å². The van der Waals surface area contributed by atoms with Gasteiger partial charge in [-0.2, -0.15) is 0 Å². The van der Waals surface area contributed by atoms with Gasteiger partial charge >= 0.3 is 5.97 Å². The van der Waals surface area contributed by atoms with Gasteiger partial charge in [-0.15, -0.1) is 0 Å². The van der Waals surface area contributed by atoms with Crippen LogP contribution >= 0.6 is 0 Å². The number of carboxylic acid groups (broad SMARTS) is 1. The summed E-state index contributed by atoms with van der Waals surface area (Å²) in [4.78, 5) is 10.9. The number of carboxylic acids is 1. The molecule has 0 bridgehead atoms. The molecule has 1 heterocycles. The monoisotopic (exact) mass is 243 g/mol. The Morgan fingerprint density at radius 2 is 2.12 bits per heavy atom. The first-order chi connectivity index (χ1) is 7.47. The molecule has 0 aromatic carbocycles. The van der Waals surface area contributed by atoms with Crippen molar-refractivity contribution in [3.8, 4) is 0 Å². The van der Waals surface area contributed by atoms with Gasteiger partial charge in [0.05, 0.1) is 5.56 Å². The molecule has 0 aliphatic heterocycles. The van der Waals surface area contributed by atoms with Crippen LogP contribution in [0.2, 0.25) is 0 Å². The number of rotatable bonds is 5. The zero-order valence-electron chi connectivity index (χ0n) is 9.82. The first-order valence-corrected chi connectivity index (χ1v) is 6.71. The van der Waals surface area contributed by atoms with E-state index >= 15 is 0 Å². The molecule has 5 heteroatoms. The Morgan fingerprint density at radius 3 is 2.56 bits per heavy atom. The maximum Gasteiger partial charge on any atom is 0.337 e. The Bertz CT molecular complexity index is 423. The molecule has 0 spiro atoms. The van der Waals surface area contributed by atoms with E-state index in [2.05, 4.69) is 0 Å². The smallest absolute Gasteiger partial charge is 0.337 e. The Morgan fingerprint density at radius 1 is 1.50 bits per heavy atom. The largest absolute Gasteiger partial charge is 0.478 e. The van der Waals surface area contributed by atoms with Gasteiger partial charge in [-0.05, 0) is 19.9 Å². The van der Waals surface area contributed by atoms with Crippen LogP contribution in [0.15, 0.2) is 6.07 Å². The number of nitrogens with zero attached hydrogens (tertiary/aromatic N) is 1. The van der Waals surface area contributed by atoms with Gasteiger partial charge in [-0.3, -0.25) is 4.21 Å². The molecular weight excluding hydrogens is 226 g/mol. The Kier molecular flexibility index (Phi) is 4.29. The van der Waals surface area contributed by atoms with Crippen molar-refractivity contribution in [3.63, 3.8) is 0 Å². The zero-order valence-corrected chi connectivity index (χ0v) is 10.6. The summed E-state index contributed by atoms with van der Waals surface area (Å²) in [5, 5.41) is 8.95. The average Bonchev–Trinajstić information content (AvgIpc) is 2.51. The summed E-state index contributed by atoms with van der Waals surface area (Å²) < 4.78 is 13.2. The molecule has 0 fully saturated rings. The van der Waals surface area contributed by atoms with Crippen LogP contribution in [0, 0.1) is 13.8 Å². The number of hydrogen-bond donors (Lipinski definition) is 1. The highest BCUT2D eigenvalue weighted by molar-refractivity contribution is 7.84. The molecule has 0 radical (unpaired) electrons. The fourth-order valence-electron chi connectivity index (χ4n) is 1.70. The zero-order chi connectivity index (χ0) is 12.3. The van der Waals surface area contributed by atoms with E-state index in [1.807, 2.05) is 18.4 Å². The molecule has 1 unspecified atom stereocenters. The van der Waals surface area contributed by atoms with Crippen molar-refractivity contribution in [1.29, 1.82) is 0 Å². The van der Waals surface area contributed by atoms with Gasteiger partial charge in [0.2, 0.25) is 0 Å². The predicted molar refractivity (Wildman–Crippen MR) is 64.4 cm³/mol. The summed E-state index contributed by atoms with van der Waals surface area (Å²) in [6, 6.07) is 1.66. The predicted octanol–water partition coefficient (Wildman–Crippen LogP) is 1.57. The molecule has 1 aromatic rings. The number of aromatic nitrogens is 1. The highest BCUT2D eigenvalue weighted by Gasteiger charge is 2.14. The second kappa shape index (κ2) is 5.30. The summed E-state index contributed by atoms with van der Waals surface area (Å²) in [6.07, 6.45) is 0. The van der Waals surface area contributed by atoms with Crippen molar-refractivity contribution >= 4 is 16.8 Å². The number of hydrogen-bond acceptors (Lipinski definition) is 2. The third kappa shape index (κ3) is 2.72. The lowest BCUT2D eigenvalue weighted by molar-refractivity contribution is 0.0696. The van der Waals surface area contributed by atoms with E-state index in [-0.39, 0.29) is 0 Å². The average molecular weight is 243 g/mol. The maximum absolute atomic E-state index is 11.3. The van der Waals surface area contributed by atoms with E-state index < -0.39 is 16.8 Å². The van der Waals surface area contributed by atoms with Crippen LogP contribution in [0.3, 0.4) is 0 Å². The summed E-state index contributed by atoms with van der Waals surface area (Å²) in [6.45, 7) is 6.15. The molecule has 90 valence electrons. The first kappa shape index (κ1) is 13.0. The maximum atomic E-state index is 11.3. The molecule has 4 nitrogen and oxygen atoms in total. The molecule has 1 rings (SSSR count). The minimum atomic E-state index is -0.907. The standard InChI is InChI=1S/C11H17NO3S/c1-4-16(15)6-5-12-8(2)7-10(9(12)3)11(13)14/h7H,4-6H2,1-3H3,(H,13,14). The molecule has 0 aliphatic carbocycles. The van der Waals surface area contributed by atoms with Crippen molar-refractivity contribution in [1.82, 2.24) is 4.57 Å². The minimum absolute atomic E-state index is 0.333. The van der Waals surface area contributed by atoms with Gasteiger partial charge in [0.25, 0.3) is 0 Å². The molecule has 0 saturated carbocycles. The molecule has 0 aliphatic rings. The Hall–Kier alpha value is -1.10. The minimum Gasteiger partial charge on any atom is -0.478 e. The van der Waals surface area contributed by atoms with E-state index in [4.69, 9.17) is 5.11 Å². The van der Waals surface area contributed by atoms with Crippen molar-refractivity contribution in [2.45, 2.75) is 27.3 Å². The van der Waals surface area contributed by atoms with E-state index in [1.54, 1.807) is 13.0 Å². The van der Waals surface area contributed by atoms with Crippen LogP contribution < -0.4 is 0 Å². The summed E-state index contributed by atoms with van der Waals surface area (Å²) in [5.41, 5.74) is 1.97. The van der Waals surface area contributed by atoms with Gasteiger partial charge in [0, 0.05) is 40.2 Å². The SMILES string of the molecule is CCS(=O)CCn1c(C)cc(C(=O)O)c1C. The van der Waals surface area contributed by atoms with E-state index in [1.165, 1.54) is 0 Å². The van der Waals surface area contributed by atoms with E-state index in [9.17, 15) is 9.00 Å². The van der Waals surface area contributed by atoms with Crippen LogP contribution in [0.4, 0.5) is 0 Å². The highest BCUT2D eigenvalue weighted by atomic mass is 32.2. The quantitative estimate of drug-likeness (QED) is 0.854. The van der Waals surface area contributed by atoms with Crippen LogP contribution in [-0.2, 0) is 17.3 Å². The fourth-order valence-corrected chi connectivity index (χ4v) is 2.37. The fraction of sp³-hybridized carbons (Fsp3) is 0.545. The third-order valence-corrected chi connectivity index (χ3v) is 3.95. The molecule has 16 heavy (non-hydrogen) atoms. The lowest BCUT2D eigenvalue weighted by atomic mass is 10.2. The third-order valence-electron chi connectivity index (χ3n) is 2.67. The van der Waals surface area contributed by atoms with Crippen LogP contribution in [0.1, 0.15) is 28.7 Å². The second-order valence-electron chi connectivity index (χ2n) is 3.67. The lowest BCUT2D eigenvalue weighted by Crippen LogP contribution is -2.11. The van der Waals surface area contributed by atoms with E-state index in [0.717, 1.165) is 11.4 Å². The van der Waals surface area contributed by atoms with E-state index in [0.29, 0.717) is 23.6 Å². The molecule has 1 aromatic heterocycles. The topological polar surface area (TPSA) is 59.3 Å². The van der Waals surface area contributed by atoms with Gasteiger partial charge in [0.15, 0.2) is 0 Å². The Balaban J connectivity index is 2.88. The molecular formula is C11H17NO3S. The number of aromatic carboxylic acids is 1. The lowest BCUT2D eigenvalue weighted by Gasteiger charge is -2.08. The van der Waals surface area contributed by atoms with Crippen LogP contribution in [0.5, 0.6) is 0 Å². The number of carbonyl (C=O) groups is 1. The van der Waals surface area contributed by atoms with Gasteiger partial charge in [-0.1, -0.05) is 6.92 Å². The first-order valence-electron chi connectivity index (χ1n) is 5.22. The van der Waals surface area contributed by atoms with Gasteiger partial charge in [-0.25, -0.2) is 4.79 Å². The number of aryl methyl sites for hydroxylation is 1. The van der Waals surface area contributed by atoms with Crippen molar-refractivity contribution < 1.29 is 14.1 Å². The normalized spacial score (nSPS) is 12.7. The van der Waals surface area contributed by atoms with Crippen LogP contribution in [0.25, 0.3) is 0 Å². The Labute approximate surface area is 97.7 Å². The van der Waals surface area contributed by atoms with Crippen molar-refractivity contribution in [3.05, 3.63) is 23.0 Å². The summed E-state index contributed by atoms with van der Waals surface area (Å²) in [5.74, 6) is 0.313. The molecule has 0 saturated heterocycles. The van der Waals surface area contributed by atoms with Crippen molar-refractivity contribution in [2.24, 2.45) is 0 Å². The van der Waals surface area contributed by atoms with Gasteiger partial charge in [0.1, 0.15) is 0 Å². The summed E-state index contributed by atoms with van der Waals surface area (Å²) in [7, 11) is -0.814. The second-order valence-corrected chi connectivity index (χ2v) is 5.54. The molecule has 1 N–H and O–H groups in total. The highest BCUT2D eigenvalue weighted by Crippen LogP contribution is 2.14. The van der Waals surface area contributed by atoms with Crippen LogP contribution in [-0.4, -0.2) is 31.4 Å².